The van der Waals surface area contributed by atoms with E-state index in [0.29, 0.717) is 25.4 Å². The third-order valence-corrected chi connectivity index (χ3v) is 2.64. The quantitative estimate of drug-likeness (QED) is 0.447. The molecule has 1 aromatic carbocycles. The van der Waals surface area contributed by atoms with E-state index in [9.17, 15) is 10.1 Å². The average Bonchev–Trinajstić information content (AvgIpc) is 2.28. The molecule has 0 saturated carbocycles. The van der Waals surface area contributed by atoms with Crippen LogP contribution in [0.25, 0.3) is 0 Å². The van der Waals surface area contributed by atoms with Gasteiger partial charge < -0.3 is 9.64 Å². The van der Waals surface area contributed by atoms with E-state index in [4.69, 9.17) is 16.3 Å². The first kappa shape index (κ1) is 13.7. The van der Waals surface area contributed by atoms with Crippen molar-refractivity contribution >= 4 is 23.0 Å². The summed E-state index contributed by atoms with van der Waals surface area (Å²) in [5.74, 6) is 0. The smallest absolute Gasteiger partial charge is 0.310 e. The second kappa shape index (κ2) is 6.42. The highest BCUT2D eigenvalue weighted by Crippen LogP contribution is 2.34. The molecule has 0 spiro atoms. The summed E-state index contributed by atoms with van der Waals surface area (Å²) >= 11 is 5.83. The minimum Gasteiger partial charge on any atom is -0.380 e. The summed E-state index contributed by atoms with van der Waals surface area (Å²) in [5, 5.41) is 11.1. The first-order valence-corrected chi connectivity index (χ1v) is 5.67. The zero-order valence-corrected chi connectivity index (χ0v) is 10.6. The van der Waals surface area contributed by atoms with Crippen molar-refractivity contribution in [2.24, 2.45) is 0 Å². The van der Waals surface area contributed by atoms with E-state index in [1.165, 1.54) is 6.07 Å². The molecule has 0 aliphatic heterocycles. The minimum atomic E-state index is -0.463. The summed E-state index contributed by atoms with van der Waals surface area (Å²) in [6, 6.07) is 4.89. The van der Waals surface area contributed by atoms with Gasteiger partial charge in [-0.3, -0.25) is 10.1 Å². The SMILES string of the molecule is CCOCCN(C)c1cccc(Cl)c1[N+](=O)[O-]. The first-order chi connectivity index (χ1) is 8.07. The first-order valence-electron chi connectivity index (χ1n) is 5.29. The molecule has 0 atom stereocenters. The van der Waals surface area contributed by atoms with Crippen LogP contribution < -0.4 is 4.90 Å². The number of halogens is 1. The Balaban J connectivity index is 2.89. The summed E-state index contributed by atoms with van der Waals surface area (Å²) in [4.78, 5) is 12.2. The van der Waals surface area contributed by atoms with Crippen molar-refractivity contribution < 1.29 is 9.66 Å². The van der Waals surface area contributed by atoms with Crippen LogP contribution in [0.4, 0.5) is 11.4 Å². The fourth-order valence-corrected chi connectivity index (χ4v) is 1.70. The van der Waals surface area contributed by atoms with Crippen molar-refractivity contribution in [1.82, 2.24) is 0 Å². The Hall–Kier alpha value is -1.33. The molecule has 94 valence electrons. The molecule has 0 radical (unpaired) electrons. The van der Waals surface area contributed by atoms with Gasteiger partial charge in [-0.2, -0.15) is 0 Å². The highest BCUT2D eigenvalue weighted by molar-refractivity contribution is 6.33. The zero-order chi connectivity index (χ0) is 12.8. The van der Waals surface area contributed by atoms with Gasteiger partial charge in [0.15, 0.2) is 0 Å². The van der Waals surface area contributed by atoms with E-state index in [1.54, 1.807) is 24.1 Å². The standard InChI is InChI=1S/C11H15ClN2O3/c1-3-17-8-7-13(2)10-6-4-5-9(12)11(10)14(15)16/h4-6H,3,7-8H2,1-2H3. The van der Waals surface area contributed by atoms with Gasteiger partial charge in [0.1, 0.15) is 10.7 Å². The number of para-hydroxylation sites is 1. The van der Waals surface area contributed by atoms with Gasteiger partial charge in [0.25, 0.3) is 0 Å². The predicted molar refractivity (Wildman–Crippen MR) is 67.9 cm³/mol. The maximum Gasteiger partial charge on any atom is 0.310 e. The monoisotopic (exact) mass is 258 g/mol. The summed E-state index contributed by atoms with van der Waals surface area (Å²) in [6.07, 6.45) is 0. The van der Waals surface area contributed by atoms with Crippen molar-refractivity contribution in [3.63, 3.8) is 0 Å². The van der Waals surface area contributed by atoms with Crippen molar-refractivity contribution in [1.29, 1.82) is 0 Å². The molecule has 1 rings (SSSR count). The Kier molecular flexibility index (Phi) is 5.18. The molecule has 0 aromatic heterocycles. The predicted octanol–water partition coefficient (Wildman–Crippen LogP) is 2.72. The van der Waals surface area contributed by atoms with Gasteiger partial charge in [0, 0.05) is 20.2 Å². The van der Waals surface area contributed by atoms with Crippen molar-refractivity contribution in [2.45, 2.75) is 6.92 Å². The number of hydrogen-bond acceptors (Lipinski definition) is 4. The van der Waals surface area contributed by atoms with Crippen LogP contribution in [0, 0.1) is 10.1 Å². The molecule has 6 heteroatoms. The van der Waals surface area contributed by atoms with Crippen molar-refractivity contribution in [3.05, 3.63) is 33.3 Å². The van der Waals surface area contributed by atoms with Crippen LogP contribution in [0.15, 0.2) is 18.2 Å². The fraction of sp³-hybridized carbons (Fsp3) is 0.455. The fourth-order valence-electron chi connectivity index (χ4n) is 1.46. The van der Waals surface area contributed by atoms with Gasteiger partial charge in [0.05, 0.1) is 11.5 Å². The van der Waals surface area contributed by atoms with Gasteiger partial charge in [-0.15, -0.1) is 0 Å². The number of nitro groups is 1. The Bertz CT molecular complexity index is 398. The van der Waals surface area contributed by atoms with E-state index in [-0.39, 0.29) is 10.7 Å². The number of hydrogen-bond donors (Lipinski definition) is 0. The molecular weight excluding hydrogens is 244 g/mol. The molecule has 1 aromatic rings. The van der Waals surface area contributed by atoms with Crippen LogP contribution in [-0.2, 0) is 4.74 Å². The number of rotatable bonds is 6. The van der Waals surface area contributed by atoms with Gasteiger partial charge in [-0.05, 0) is 19.1 Å². The molecule has 0 bridgehead atoms. The number of nitrogens with zero attached hydrogens (tertiary/aromatic N) is 2. The minimum absolute atomic E-state index is 0.0619. The molecular formula is C11H15ClN2O3. The van der Waals surface area contributed by atoms with E-state index < -0.39 is 4.92 Å². The molecule has 0 aliphatic carbocycles. The van der Waals surface area contributed by atoms with E-state index in [0.717, 1.165) is 0 Å². The molecule has 0 N–H and O–H groups in total. The van der Waals surface area contributed by atoms with E-state index in [2.05, 4.69) is 0 Å². The van der Waals surface area contributed by atoms with Crippen molar-refractivity contribution in [2.75, 3.05) is 31.7 Å². The maximum absolute atomic E-state index is 10.9. The van der Waals surface area contributed by atoms with E-state index >= 15 is 0 Å². The van der Waals surface area contributed by atoms with Crippen LogP contribution in [0.5, 0.6) is 0 Å². The summed E-state index contributed by atoms with van der Waals surface area (Å²) in [6.45, 7) is 3.64. The molecule has 0 amide bonds. The summed E-state index contributed by atoms with van der Waals surface area (Å²) in [5.41, 5.74) is 0.440. The molecule has 0 saturated heterocycles. The van der Waals surface area contributed by atoms with Crippen LogP contribution >= 0.6 is 11.6 Å². The maximum atomic E-state index is 10.9. The Morgan fingerprint density at radius 2 is 2.24 bits per heavy atom. The van der Waals surface area contributed by atoms with E-state index in [1.807, 2.05) is 6.92 Å². The van der Waals surface area contributed by atoms with Crippen LogP contribution in [0.3, 0.4) is 0 Å². The lowest BCUT2D eigenvalue weighted by Crippen LogP contribution is -2.23. The topological polar surface area (TPSA) is 55.6 Å². The summed E-state index contributed by atoms with van der Waals surface area (Å²) < 4.78 is 5.21. The summed E-state index contributed by atoms with van der Waals surface area (Å²) in [7, 11) is 1.78. The molecule has 5 nitrogen and oxygen atoms in total. The highest BCUT2D eigenvalue weighted by Gasteiger charge is 2.20. The van der Waals surface area contributed by atoms with Gasteiger partial charge >= 0.3 is 5.69 Å². The second-order valence-corrected chi connectivity index (χ2v) is 3.89. The zero-order valence-electron chi connectivity index (χ0n) is 9.85. The molecule has 0 aliphatic rings. The number of benzene rings is 1. The van der Waals surface area contributed by atoms with Crippen LogP contribution in [-0.4, -0.2) is 31.7 Å². The van der Waals surface area contributed by atoms with Gasteiger partial charge in [-0.1, -0.05) is 17.7 Å². The second-order valence-electron chi connectivity index (χ2n) is 3.48. The number of anilines is 1. The number of likely N-dealkylation sites (N-methyl/N-ethyl adjacent to an activating group) is 1. The molecule has 0 heterocycles. The average molecular weight is 259 g/mol. The van der Waals surface area contributed by atoms with Gasteiger partial charge in [0.2, 0.25) is 0 Å². The molecule has 0 unspecified atom stereocenters. The lowest BCUT2D eigenvalue weighted by Gasteiger charge is -2.19. The number of ether oxygens (including phenoxy) is 1. The van der Waals surface area contributed by atoms with Gasteiger partial charge in [-0.25, -0.2) is 0 Å². The normalized spacial score (nSPS) is 10.3. The van der Waals surface area contributed by atoms with Crippen LogP contribution in [0.2, 0.25) is 5.02 Å². The lowest BCUT2D eigenvalue weighted by molar-refractivity contribution is -0.384. The Labute approximate surface area is 105 Å². The largest absolute Gasteiger partial charge is 0.380 e. The van der Waals surface area contributed by atoms with Crippen LogP contribution in [0.1, 0.15) is 6.92 Å². The van der Waals surface area contributed by atoms with Crippen molar-refractivity contribution in [3.8, 4) is 0 Å². The third-order valence-electron chi connectivity index (χ3n) is 2.33. The Morgan fingerprint density at radius 1 is 1.53 bits per heavy atom. The Morgan fingerprint density at radius 3 is 2.82 bits per heavy atom. The molecule has 0 fully saturated rings. The third kappa shape index (κ3) is 3.57. The number of nitro benzene ring substituents is 1. The lowest BCUT2D eigenvalue weighted by atomic mass is 10.2. The molecule has 17 heavy (non-hydrogen) atoms. The highest BCUT2D eigenvalue weighted by atomic mass is 35.5.